The van der Waals surface area contributed by atoms with Crippen LogP contribution in [0.5, 0.6) is 0 Å². The van der Waals surface area contributed by atoms with Crippen molar-refractivity contribution in [1.82, 2.24) is 4.98 Å². The number of pyridine rings is 1. The summed E-state index contributed by atoms with van der Waals surface area (Å²) in [6, 6.07) is 19.3. The molecule has 116 valence electrons. The van der Waals surface area contributed by atoms with Crippen molar-refractivity contribution in [2.75, 3.05) is 5.32 Å². The SMILES string of the molecule is O=C(/C=C/c1cc2ccccc2o1)Nc1cnc2ccccc2c1. The van der Waals surface area contributed by atoms with Gasteiger partial charge in [0.2, 0.25) is 5.91 Å². The predicted molar refractivity (Wildman–Crippen MR) is 95.6 cm³/mol. The molecule has 2 heterocycles. The number of hydrogen-bond acceptors (Lipinski definition) is 3. The minimum absolute atomic E-state index is 0.229. The Morgan fingerprint density at radius 1 is 1.00 bits per heavy atom. The van der Waals surface area contributed by atoms with Crippen LogP contribution >= 0.6 is 0 Å². The number of benzene rings is 2. The zero-order valence-corrected chi connectivity index (χ0v) is 12.8. The lowest BCUT2D eigenvalue weighted by Crippen LogP contribution is -2.07. The summed E-state index contributed by atoms with van der Waals surface area (Å²) in [6.45, 7) is 0. The molecule has 4 aromatic rings. The maximum atomic E-state index is 12.1. The van der Waals surface area contributed by atoms with Crippen molar-refractivity contribution in [3.8, 4) is 0 Å². The van der Waals surface area contributed by atoms with Gasteiger partial charge in [0, 0.05) is 16.8 Å². The van der Waals surface area contributed by atoms with Gasteiger partial charge in [-0.2, -0.15) is 0 Å². The molecule has 0 saturated carbocycles. The highest BCUT2D eigenvalue weighted by atomic mass is 16.3. The highest BCUT2D eigenvalue weighted by molar-refractivity contribution is 6.02. The van der Waals surface area contributed by atoms with Crippen LogP contribution in [0.25, 0.3) is 27.9 Å². The first-order valence-corrected chi connectivity index (χ1v) is 7.60. The first-order valence-electron chi connectivity index (χ1n) is 7.60. The number of para-hydroxylation sites is 2. The van der Waals surface area contributed by atoms with Crippen LogP contribution in [0.4, 0.5) is 5.69 Å². The predicted octanol–water partition coefficient (Wildman–Crippen LogP) is 4.63. The first kappa shape index (κ1) is 14.2. The lowest BCUT2D eigenvalue weighted by Gasteiger charge is -2.03. The summed E-state index contributed by atoms with van der Waals surface area (Å²) in [5, 5.41) is 4.80. The van der Waals surface area contributed by atoms with Gasteiger partial charge in [-0.25, -0.2) is 0 Å². The molecule has 0 atom stereocenters. The van der Waals surface area contributed by atoms with E-state index in [1.165, 1.54) is 6.08 Å². The van der Waals surface area contributed by atoms with Gasteiger partial charge in [0.05, 0.1) is 17.4 Å². The second-order valence-electron chi connectivity index (χ2n) is 5.43. The standard InChI is InChI=1S/C20H14N2O2/c23-20(10-9-17-12-15-6-2-4-8-19(15)24-17)22-16-11-14-5-1-3-7-18(14)21-13-16/h1-13H,(H,22,23)/b10-9+. The van der Waals surface area contributed by atoms with Crippen molar-refractivity contribution in [3.05, 3.63) is 78.7 Å². The summed E-state index contributed by atoms with van der Waals surface area (Å²) in [5.41, 5.74) is 2.36. The summed E-state index contributed by atoms with van der Waals surface area (Å²) in [5.74, 6) is 0.413. The molecule has 0 unspecified atom stereocenters. The molecule has 1 N–H and O–H groups in total. The maximum Gasteiger partial charge on any atom is 0.248 e. The third-order valence-electron chi connectivity index (χ3n) is 3.70. The zero-order valence-electron chi connectivity index (χ0n) is 12.8. The van der Waals surface area contributed by atoms with E-state index in [-0.39, 0.29) is 5.91 Å². The fourth-order valence-electron chi connectivity index (χ4n) is 2.57. The fourth-order valence-corrected chi connectivity index (χ4v) is 2.57. The van der Waals surface area contributed by atoms with Gasteiger partial charge >= 0.3 is 0 Å². The largest absolute Gasteiger partial charge is 0.457 e. The third-order valence-corrected chi connectivity index (χ3v) is 3.70. The number of rotatable bonds is 3. The molecule has 0 radical (unpaired) electrons. The van der Waals surface area contributed by atoms with Gasteiger partial charge in [-0.3, -0.25) is 9.78 Å². The zero-order chi connectivity index (χ0) is 16.4. The number of carbonyl (C=O) groups is 1. The number of hydrogen-bond donors (Lipinski definition) is 1. The molecule has 0 fully saturated rings. The minimum Gasteiger partial charge on any atom is -0.457 e. The highest BCUT2D eigenvalue weighted by Crippen LogP contribution is 2.20. The molecule has 4 heteroatoms. The number of nitrogens with zero attached hydrogens (tertiary/aromatic N) is 1. The summed E-state index contributed by atoms with van der Waals surface area (Å²) in [4.78, 5) is 16.4. The van der Waals surface area contributed by atoms with Gasteiger partial charge in [-0.1, -0.05) is 36.4 Å². The van der Waals surface area contributed by atoms with Gasteiger partial charge in [0.25, 0.3) is 0 Å². The molecular formula is C20H14N2O2. The van der Waals surface area contributed by atoms with Gasteiger partial charge in [0.1, 0.15) is 11.3 Å². The van der Waals surface area contributed by atoms with Crippen LogP contribution in [-0.2, 0) is 4.79 Å². The van der Waals surface area contributed by atoms with E-state index in [4.69, 9.17) is 4.42 Å². The lowest BCUT2D eigenvalue weighted by atomic mass is 10.2. The molecule has 0 aliphatic carbocycles. The Morgan fingerprint density at radius 3 is 2.67 bits per heavy atom. The molecule has 0 aliphatic rings. The number of fused-ring (bicyclic) bond motifs is 2. The minimum atomic E-state index is -0.229. The highest BCUT2D eigenvalue weighted by Gasteiger charge is 2.03. The van der Waals surface area contributed by atoms with Crippen molar-refractivity contribution >= 4 is 39.5 Å². The average Bonchev–Trinajstić information content (AvgIpc) is 3.03. The number of carbonyl (C=O) groups excluding carboxylic acids is 1. The summed E-state index contributed by atoms with van der Waals surface area (Å²) < 4.78 is 5.65. The normalized spacial score (nSPS) is 11.3. The van der Waals surface area contributed by atoms with Crippen molar-refractivity contribution in [1.29, 1.82) is 0 Å². The van der Waals surface area contributed by atoms with Crippen LogP contribution in [0.15, 0.2) is 77.4 Å². The smallest absolute Gasteiger partial charge is 0.248 e. The van der Waals surface area contributed by atoms with Crippen molar-refractivity contribution in [2.45, 2.75) is 0 Å². The van der Waals surface area contributed by atoms with Crippen LogP contribution in [0.3, 0.4) is 0 Å². The van der Waals surface area contributed by atoms with Crippen LogP contribution in [0.2, 0.25) is 0 Å². The van der Waals surface area contributed by atoms with E-state index in [1.807, 2.05) is 60.7 Å². The van der Waals surface area contributed by atoms with E-state index in [0.29, 0.717) is 11.4 Å². The van der Waals surface area contributed by atoms with Crippen LogP contribution < -0.4 is 5.32 Å². The van der Waals surface area contributed by atoms with E-state index in [0.717, 1.165) is 21.9 Å². The summed E-state index contributed by atoms with van der Waals surface area (Å²) in [6.07, 6.45) is 4.76. The van der Waals surface area contributed by atoms with E-state index >= 15 is 0 Å². The lowest BCUT2D eigenvalue weighted by molar-refractivity contribution is -0.111. The summed E-state index contributed by atoms with van der Waals surface area (Å²) >= 11 is 0. The molecule has 2 aromatic carbocycles. The number of furan rings is 1. The van der Waals surface area contributed by atoms with Crippen LogP contribution in [0, 0.1) is 0 Å². The maximum absolute atomic E-state index is 12.1. The first-order chi connectivity index (χ1) is 11.8. The van der Waals surface area contributed by atoms with Gasteiger partial charge in [0.15, 0.2) is 0 Å². The monoisotopic (exact) mass is 314 g/mol. The molecule has 0 saturated heterocycles. The molecule has 0 spiro atoms. The Labute approximate surface area is 138 Å². The molecule has 0 bridgehead atoms. The van der Waals surface area contributed by atoms with Crippen molar-refractivity contribution in [3.63, 3.8) is 0 Å². The van der Waals surface area contributed by atoms with E-state index in [1.54, 1.807) is 12.3 Å². The third kappa shape index (κ3) is 2.90. The Hall–Kier alpha value is -3.40. The quantitative estimate of drug-likeness (QED) is 0.561. The average molecular weight is 314 g/mol. The number of amides is 1. The van der Waals surface area contributed by atoms with Gasteiger partial charge < -0.3 is 9.73 Å². The van der Waals surface area contributed by atoms with Crippen LogP contribution in [-0.4, -0.2) is 10.9 Å². The Kier molecular flexibility index (Phi) is 3.56. The van der Waals surface area contributed by atoms with Crippen molar-refractivity contribution in [2.24, 2.45) is 0 Å². The van der Waals surface area contributed by atoms with E-state index in [2.05, 4.69) is 10.3 Å². The van der Waals surface area contributed by atoms with Gasteiger partial charge in [-0.15, -0.1) is 0 Å². The number of aromatic nitrogens is 1. The second kappa shape index (κ2) is 6.01. The topological polar surface area (TPSA) is 55.1 Å². The van der Waals surface area contributed by atoms with Crippen molar-refractivity contribution < 1.29 is 9.21 Å². The molecule has 1 amide bonds. The molecular weight excluding hydrogens is 300 g/mol. The fraction of sp³-hybridized carbons (Fsp3) is 0. The molecule has 2 aromatic heterocycles. The molecule has 0 aliphatic heterocycles. The molecule has 4 rings (SSSR count). The number of nitrogens with one attached hydrogen (secondary N) is 1. The number of anilines is 1. The molecule has 24 heavy (non-hydrogen) atoms. The van der Waals surface area contributed by atoms with E-state index < -0.39 is 0 Å². The second-order valence-corrected chi connectivity index (χ2v) is 5.43. The Bertz CT molecular complexity index is 1030. The Balaban J connectivity index is 1.50. The van der Waals surface area contributed by atoms with Gasteiger partial charge in [-0.05, 0) is 30.3 Å². The Morgan fingerprint density at radius 2 is 1.79 bits per heavy atom. The van der Waals surface area contributed by atoms with Crippen LogP contribution in [0.1, 0.15) is 5.76 Å². The summed E-state index contributed by atoms with van der Waals surface area (Å²) in [7, 11) is 0. The van der Waals surface area contributed by atoms with E-state index in [9.17, 15) is 4.79 Å². The molecule has 4 nitrogen and oxygen atoms in total.